The maximum atomic E-state index is 12.6. The molecule has 40 heavy (non-hydrogen) atoms. The average molecular weight is 574 g/mol. The van der Waals surface area contributed by atoms with Crippen LogP contribution in [0.15, 0.2) is 16.6 Å². The van der Waals surface area contributed by atoms with Crippen molar-refractivity contribution in [2.24, 2.45) is 22.6 Å². The first kappa shape index (κ1) is 35.8. The number of aliphatic hydroxyl groups excluding tert-OH is 3. The van der Waals surface area contributed by atoms with Crippen LogP contribution in [0.1, 0.15) is 59.3 Å². The lowest BCUT2D eigenvalue weighted by atomic mass is 9.87. The van der Waals surface area contributed by atoms with Crippen molar-refractivity contribution in [3.63, 3.8) is 0 Å². The molecule has 0 aromatic carbocycles. The van der Waals surface area contributed by atoms with Crippen LogP contribution in [0, 0.1) is 16.2 Å². The minimum absolute atomic E-state index is 0.0119. The molecule has 14 nitrogen and oxygen atoms in total. The molecular weight excluding hydrogens is 522 g/mol. The second-order valence-electron chi connectivity index (χ2n) is 10.4. The number of nitrogens with one attached hydrogen (secondary N) is 4. The number of aliphatic hydroxyl groups is 3. The Hall–Kier alpha value is -2.20. The molecule has 0 spiro atoms. The highest BCUT2D eigenvalue weighted by molar-refractivity contribution is 5.80. The predicted octanol–water partition coefficient (Wildman–Crippen LogP) is -0.595. The van der Waals surface area contributed by atoms with Crippen LogP contribution < -0.4 is 27.4 Å². The zero-order chi connectivity index (χ0) is 30.2. The van der Waals surface area contributed by atoms with Crippen LogP contribution in [0.3, 0.4) is 0 Å². The first-order valence-electron chi connectivity index (χ1n) is 14.1. The number of nitrogens with two attached hydrogens (primary N) is 2. The monoisotopic (exact) mass is 573 g/mol. The van der Waals surface area contributed by atoms with E-state index in [1.165, 1.54) is 6.92 Å². The molecule has 1 rings (SSSR count). The van der Waals surface area contributed by atoms with Gasteiger partial charge in [-0.15, -0.1) is 4.91 Å². The summed E-state index contributed by atoms with van der Waals surface area (Å²) >= 11 is 0. The summed E-state index contributed by atoms with van der Waals surface area (Å²) in [7, 11) is 1.56. The minimum Gasteiger partial charge on any atom is -0.388 e. The molecule has 0 aliphatic heterocycles. The normalized spacial score (nSPS) is 22.6. The highest BCUT2D eigenvalue weighted by atomic mass is 16.5. The molecule has 0 bridgehead atoms. The van der Waals surface area contributed by atoms with Crippen molar-refractivity contribution in [1.82, 2.24) is 16.0 Å². The van der Waals surface area contributed by atoms with Crippen molar-refractivity contribution in [1.29, 1.82) is 5.41 Å². The number of amidine groups is 1. The zero-order valence-corrected chi connectivity index (χ0v) is 24.3. The number of hydrogen-bond acceptors (Lipinski definition) is 12. The number of nitroso groups, excluding NO2 is 1. The van der Waals surface area contributed by atoms with E-state index in [0.717, 1.165) is 25.7 Å². The molecule has 8 unspecified atom stereocenters. The predicted molar refractivity (Wildman–Crippen MR) is 152 cm³/mol. The molecule has 0 saturated heterocycles. The highest BCUT2D eigenvalue weighted by Crippen LogP contribution is 2.28. The van der Waals surface area contributed by atoms with Crippen LogP contribution in [-0.4, -0.2) is 103 Å². The van der Waals surface area contributed by atoms with Gasteiger partial charge in [0.1, 0.15) is 30.3 Å². The number of nitrogens with zero attached hydrogens (tertiary/aromatic N) is 1. The maximum Gasteiger partial charge on any atom is 0.249 e. The van der Waals surface area contributed by atoms with E-state index in [0.29, 0.717) is 18.9 Å². The van der Waals surface area contributed by atoms with Gasteiger partial charge in [-0.2, -0.15) is 0 Å². The molecule has 1 fully saturated rings. The summed E-state index contributed by atoms with van der Waals surface area (Å²) in [5.74, 6) is -0.236. The van der Waals surface area contributed by atoms with Gasteiger partial charge in [0.2, 0.25) is 5.91 Å². The van der Waals surface area contributed by atoms with Gasteiger partial charge in [0.05, 0.1) is 36.2 Å². The number of hydrogen-bond donors (Lipinski definition) is 9. The van der Waals surface area contributed by atoms with Crippen molar-refractivity contribution in [3.8, 4) is 0 Å². The number of rotatable bonds is 19. The standard InChI is InChI=1S/C26H51N7O7/c1-15(39-19-7-5-6-18(11-19)13-31-23(29)14-34)10-22(20(12-28)32-26(37)21(36)8-9-27)40-17(3)25(33-38)24(30-4)16(2)35/h15-22,30,34-36H,5-14,27-28H2,1-4H3,(H2,29,31)(H,32,37)/b25-24+. The summed E-state index contributed by atoms with van der Waals surface area (Å²) in [6.07, 6.45) is -0.177. The summed E-state index contributed by atoms with van der Waals surface area (Å²) in [5.41, 5.74) is 11.7. The van der Waals surface area contributed by atoms with Gasteiger partial charge in [0.25, 0.3) is 0 Å². The highest BCUT2D eigenvalue weighted by Gasteiger charge is 2.32. The van der Waals surface area contributed by atoms with Crippen molar-refractivity contribution >= 4 is 11.7 Å². The topological polar surface area (TPSA) is 238 Å². The lowest BCUT2D eigenvalue weighted by Crippen LogP contribution is -2.53. The van der Waals surface area contributed by atoms with Crippen molar-refractivity contribution in [3.05, 3.63) is 16.3 Å². The maximum absolute atomic E-state index is 12.6. The van der Waals surface area contributed by atoms with Gasteiger partial charge in [-0.25, -0.2) is 0 Å². The van der Waals surface area contributed by atoms with E-state index in [2.05, 4.69) is 21.1 Å². The number of ether oxygens (including phenoxy) is 2. The van der Waals surface area contributed by atoms with Crippen LogP contribution in [0.25, 0.3) is 0 Å². The molecule has 0 aromatic rings. The molecule has 14 heteroatoms. The quantitative estimate of drug-likeness (QED) is 0.0537. The summed E-state index contributed by atoms with van der Waals surface area (Å²) in [6, 6.07) is -0.723. The Kier molecular flexibility index (Phi) is 17.0. The van der Waals surface area contributed by atoms with Crippen LogP contribution in [0.2, 0.25) is 0 Å². The molecule has 1 amide bonds. The second-order valence-corrected chi connectivity index (χ2v) is 10.4. The lowest BCUT2D eigenvalue weighted by Gasteiger charge is -2.35. The van der Waals surface area contributed by atoms with Crippen LogP contribution in [0.4, 0.5) is 0 Å². The summed E-state index contributed by atoms with van der Waals surface area (Å²) in [6.45, 7) is 5.40. The third-order valence-corrected chi connectivity index (χ3v) is 7.08. The minimum atomic E-state index is -1.30. The van der Waals surface area contributed by atoms with Gasteiger partial charge in [0, 0.05) is 26.6 Å². The molecule has 1 aliphatic carbocycles. The van der Waals surface area contributed by atoms with E-state index in [-0.39, 0.29) is 55.6 Å². The Labute approximate surface area is 237 Å². The van der Waals surface area contributed by atoms with E-state index >= 15 is 0 Å². The first-order chi connectivity index (χ1) is 19.0. The fourth-order valence-electron chi connectivity index (χ4n) is 4.99. The Balaban J connectivity index is 3.06. The van der Waals surface area contributed by atoms with E-state index in [4.69, 9.17) is 31.5 Å². The molecule has 1 saturated carbocycles. The Morgan fingerprint density at radius 2 is 1.90 bits per heavy atom. The van der Waals surface area contributed by atoms with Crippen molar-refractivity contribution in [2.45, 2.75) is 102 Å². The molecule has 0 radical (unpaired) electrons. The largest absolute Gasteiger partial charge is 0.388 e. The molecule has 11 N–H and O–H groups in total. The number of amides is 1. The zero-order valence-electron chi connectivity index (χ0n) is 24.3. The molecular formula is C26H51N7O7. The van der Waals surface area contributed by atoms with Gasteiger partial charge in [-0.05, 0) is 64.1 Å². The first-order valence-corrected chi connectivity index (χ1v) is 14.1. The van der Waals surface area contributed by atoms with Crippen LogP contribution in [0.5, 0.6) is 0 Å². The summed E-state index contributed by atoms with van der Waals surface area (Å²) in [5, 5.41) is 48.4. The third-order valence-electron chi connectivity index (χ3n) is 7.08. The van der Waals surface area contributed by atoms with Gasteiger partial charge in [0.15, 0.2) is 0 Å². The second kappa shape index (κ2) is 19.0. The SMILES string of the molecule is CN/C(=C(/N=O)C(C)OC(CC(C)OC1CCCC(CNC(=N)CO)C1)C(CN)NC(=O)C(O)CCN)C(C)O. The van der Waals surface area contributed by atoms with Crippen molar-refractivity contribution in [2.75, 3.05) is 33.3 Å². The number of carbonyl (C=O) groups is 1. The van der Waals surface area contributed by atoms with Crippen LogP contribution >= 0.6 is 0 Å². The van der Waals surface area contributed by atoms with Gasteiger partial charge in [-0.3, -0.25) is 10.2 Å². The molecule has 8 atom stereocenters. The fraction of sp³-hybridized carbons (Fsp3) is 0.846. The molecule has 0 heterocycles. The molecule has 232 valence electrons. The fourth-order valence-corrected chi connectivity index (χ4v) is 4.99. The Bertz CT molecular complexity index is 814. The molecule has 0 aromatic heterocycles. The number of carbonyl (C=O) groups excluding carboxylic acids is 1. The third kappa shape index (κ3) is 12.1. The Morgan fingerprint density at radius 3 is 2.45 bits per heavy atom. The smallest absolute Gasteiger partial charge is 0.249 e. The summed E-state index contributed by atoms with van der Waals surface area (Å²) in [4.78, 5) is 24.3. The van der Waals surface area contributed by atoms with Crippen molar-refractivity contribution < 1.29 is 29.6 Å². The Morgan fingerprint density at radius 1 is 1.20 bits per heavy atom. The van der Waals surface area contributed by atoms with E-state index in [1.54, 1.807) is 14.0 Å². The average Bonchev–Trinajstić information content (AvgIpc) is 2.92. The molecule has 1 aliphatic rings. The number of likely N-dealkylation sites (N-methyl/N-ethyl adjacent to an activating group) is 1. The van der Waals surface area contributed by atoms with Crippen LogP contribution in [-0.2, 0) is 14.3 Å². The summed E-state index contributed by atoms with van der Waals surface area (Å²) < 4.78 is 12.6. The van der Waals surface area contributed by atoms with Gasteiger partial charge >= 0.3 is 0 Å². The van der Waals surface area contributed by atoms with E-state index < -0.39 is 36.4 Å². The van der Waals surface area contributed by atoms with E-state index in [9.17, 15) is 19.9 Å². The van der Waals surface area contributed by atoms with Gasteiger partial charge in [-0.1, -0.05) is 6.42 Å². The van der Waals surface area contributed by atoms with E-state index in [1.807, 2.05) is 6.92 Å². The lowest BCUT2D eigenvalue weighted by molar-refractivity contribution is -0.132. The van der Waals surface area contributed by atoms with Gasteiger partial charge < -0.3 is 52.2 Å².